The van der Waals surface area contributed by atoms with Crippen LogP contribution in [0.5, 0.6) is 0 Å². The number of nitrogens with one attached hydrogen (secondary N) is 1. The Bertz CT molecular complexity index is 1470. The first-order valence-corrected chi connectivity index (χ1v) is 14.5. The number of hydrogen-bond donors (Lipinski definition) is 2. The number of guanidine groups is 1. The van der Waals surface area contributed by atoms with Gasteiger partial charge in [-0.3, -0.25) is 15.1 Å². The number of aliphatic imine (C=N–C) groups is 1. The number of rotatable bonds is 12. The molecule has 4 aromatic carbocycles. The molecule has 5 rings (SSSR count). The molecule has 0 fully saturated rings. The number of aromatic nitrogens is 2. The summed E-state index contributed by atoms with van der Waals surface area (Å²) in [7, 11) is 0. The highest BCUT2D eigenvalue weighted by Crippen LogP contribution is 2.40. The summed E-state index contributed by atoms with van der Waals surface area (Å²) in [5.74, 6) is 0.0616. The predicted octanol–water partition coefficient (Wildman–Crippen LogP) is 6.11. The normalized spacial score (nSPS) is 11.8. The van der Waals surface area contributed by atoms with Crippen molar-refractivity contribution in [2.24, 2.45) is 10.7 Å². The lowest BCUT2D eigenvalue weighted by Crippen LogP contribution is -2.37. The first-order valence-electron chi connectivity index (χ1n) is 14.5. The molecule has 1 aromatic heterocycles. The van der Waals surface area contributed by atoms with Crippen LogP contribution in [-0.2, 0) is 23.2 Å². The van der Waals surface area contributed by atoms with Gasteiger partial charge in [-0.05, 0) is 47.9 Å². The van der Waals surface area contributed by atoms with Crippen molar-refractivity contribution in [3.05, 3.63) is 162 Å². The zero-order chi connectivity index (χ0) is 29.0. The molecule has 0 bridgehead atoms. The molecule has 0 aliphatic carbocycles. The van der Waals surface area contributed by atoms with E-state index in [-0.39, 0.29) is 11.9 Å². The lowest BCUT2D eigenvalue weighted by atomic mass is 9.77. The van der Waals surface area contributed by atoms with E-state index >= 15 is 0 Å². The lowest BCUT2D eigenvalue weighted by molar-refractivity contribution is -0.119. The van der Waals surface area contributed by atoms with Crippen molar-refractivity contribution in [1.82, 2.24) is 14.9 Å². The second-order valence-corrected chi connectivity index (χ2v) is 10.3. The van der Waals surface area contributed by atoms with Crippen molar-refractivity contribution < 1.29 is 4.79 Å². The molecular weight excluding hydrogens is 518 g/mol. The molecule has 6 nitrogen and oxygen atoms in total. The summed E-state index contributed by atoms with van der Waals surface area (Å²) in [5, 5.41) is 2.71. The minimum absolute atomic E-state index is 0.106. The lowest BCUT2D eigenvalue weighted by Gasteiger charge is -2.37. The van der Waals surface area contributed by atoms with Crippen molar-refractivity contribution >= 4 is 11.9 Å². The third kappa shape index (κ3) is 6.84. The molecule has 1 heterocycles. The van der Waals surface area contributed by atoms with Crippen molar-refractivity contribution in [1.29, 1.82) is 0 Å². The first-order chi connectivity index (χ1) is 20.7. The van der Waals surface area contributed by atoms with E-state index in [1.165, 1.54) is 5.56 Å². The van der Waals surface area contributed by atoms with Crippen LogP contribution in [0, 0.1) is 0 Å². The second kappa shape index (κ2) is 14.1. The monoisotopic (exact) mass is 555 g/mol. The summed E-state index contributed by atoms with van der Waals surface area (Å²) in [4.78, 5) is 21.4. The fourth-order valence-corrected chi connectivity index (χ4v) is 5.46. The maximum Gasteiger partial charge on any atom is 0.226 e. The van der Waals surface area contributed by atoms with E-state index in [9.17, 15) is 4.79 Å². The number of benzene rings is 4. The van der Waals surface area contributed by atoms with Crippen molar-refractivity contribution in [3.63, 3.8) is 0 Å². The highest BCUT2D eigenvalue weighted by molar-refractivity contribution is 5.96. The average molecular weight is 556 g/mol. The number of imidazole rings is 1. The van der Waals surface area contributed by atoms with Gasteiger partial charge >= 0.3 is 0 Å². The topological polar surface area (TPSA) is 85.3 Å². The predicted molar refractivity (Wildman–Crippen MR) is 169 cm³/mol. The third-order valence-electron chi connectivity index (χ3n) is 7.45. The quantitative estimate of drug-likeness (QED) is 0.0843. The van der Waals surface area contributed by atoms with Gasteiger partial charge < -0.3 is 10.3 Å². The van der Waals surface area contributed by atoms with Gasteiger partial charge in [-0.2, -0.15) is 0 Å². The highest BCUT2D eigenvalue weighted by atomic mass is 16.1. The molecule has 0 saturated carbocycles. The highest BCUT2D eigenvalue weighted by Gasteiger charge is 2.38. The molecule has 0 aliphatic rings. The van der Waals surface area contributed by atoms with Crippen LogP contribution in [0.25, 0.3) is 0 Å². The van der Waals surface area contributed by atoms with E-state index in [2.05, 4.69) is 106 Å². The molecule has 0 atom stereocenters. The fraction of sp³-hybridized carbons (Fsp3) is 0.194. The summed E-state index contributed by atoms with van der Waals surface area (Å²) < 4.78 is 2.22. The van der Waals surface area contributed by atoms with Gasteiger partial charge in [-0.1, -0.05) is 121 Å². The summed E-state index contributed by atoms with van der Waals surface area (Å²) in [5.41, 5.74) is 11.1. The van der Waals surface area contributed by atoms with Gasteiger partial charge in [0, 0.05) is 19.2 Å². The molecule has 0 unspecified atom stereocenters. The van der Waals surface area contributed by atoms with Crippen LogP contribution in [0.4, 0.5) is 0 Å². The average Bonchev–Trinajstić information content (AvgIpc) is 3.51. The molecule has 1 amide bonds. The molecule has 0 spiro atoms. The molecule has 5 aromatic rings. The van der Waals surface area contributed by atoms with Gasteiger partial charge in [0.15, 0.2) is 5.96 Å². The minimum Gasteiger partial charge on any atom is -0.370 e. The zero-order valence-electron chi connectivity index (χ0n) is 23.8. The van der Waals surface area contributed by atoms with Crippen LogP contribution in [0.1, 0.15) is 47.2 Å². The Balaban J connectivity index is 1.25. The van der Waals surface area contributed by atoms with Crippen LogP contribution in [0.3, 0.4) is 0 Å². The van der Waals surface area contributed by atoms with Gasteiger partial charge in [0.1, 0.15) is 5.54 Å². The minimum atomic E-state index is -0.581. The Morgan fingerprint density at radius 1 is 0.738 bits per heavy atom. The molecule has 0 aliphatic heterocycles. The number of amides is 1. The van der Waals surface area contributed by atoms with Crippen molar-refractivity contribution in [2.45, 2.75) is 37.6 Å². The maximum atomic E-state index is 12.3. The Hall–Kier alpha value is -4.97. The van der Waals surface area contributed by atoms with E-state index in [0.717, 1.165) is 48.1 Å². The molecule has 0 saturated heterocycles. The van der Waals surface area contributed by atoms with Gasteiger partial charge in [0.2, 0.25) is 5.91 Å². The summed E-state index contributed by atoms with van der Waals surface area (Å²) in [6, 6.07) is 41.8. The Morgan fingerprint density at radius 2 is 1.26 bits per heavy atom. The van der Waals surface area contributed by atoms with Crippen LogP contribution in [0.15, 0.2) is 139 Å². The van der Waals surface area contributed by atoms with E-state index in [4.69, 9.17) is 10.7 Å². The summed E-state index contributed by atoms with van der Waals surface area (Å²) in [6.07, 6.45) is 7.60. The van der Waals surface area contributed by atoms with Crippen molar-refractivity contribution in [2.75, 3.05) is 6.54 Å². The smallest absolute Gasteiger partial charge is 0.226 e. The summed E-state index contributed by atoms with van der Waals surface area (Å²) >= 11 is 0. The summed E-state index contributed by atoms with van der Waals surface area (Å²) in [6.45, 7) is 0.504. The standard InChI is InChI=1S/C36H37N5O/c37-35(40-34(42)25-13-17-29-15-5-1-6-16-29)38-26-14-24-33-27-41(28-39-33)36(30-18-7-2-8-19-30,31-20-9-3-10-21-31)32-22-11-4-12-23-32/h1-12,15-16,18-23,27-28H,13-14,17,24-26H2,(H3,37,38,40,42). The molecule has 6 heteroatoms. The van der Waals surface area contributed by atoms with E-state index < -0.39 is 5.54 Å². The van der Waals surface area contributed by atoms with Gasteiger partial charge in [-0.15, -0.1) is 0 Å². The second-order valence-electron chi connectivity index (χ2n) is 10.3. The molecule has 3 N–H and O–H groups in total. The van der Waals surface area contributed by atoms with E-state index in [0.29, 0.717) is 13.0 Å². The largest absolute Gasteiger partial charge is 0.370 e. The molecular formula is C36H37N5O. The van der Waals surface area contributed by atoms with Crippen LogP contribution < -0.4 is 11.1 Å². The van der Waals surface area contributed by atoms with Gasteiger partial charge in [0.05, 0.1) is 12.0 Å². The van der Waals surface area contributed by atoms with Crippen LogP contribution in [0.2, 0.25) is 0 Å². The molecule has 42 heavy (non-hydrogen) atoms. The maximum absolute atomic E-state index is 12.3. The number of carbonyl (C=O) groups is 1. The number of carbonyl (C=O) groups excluding carboxylic acids is 1. The SMILES string of the molecule is NC(=NCCCc1cn(C(c2ccccc2)(c2ccccc2)c2ccccc2)cn1)NC(=O)CCCc1ccccc1. The third-order valence-corrected chi connectivity index (χ3v) is 7.45. The molecule has 212 valence electrons. The zero-order valence-corrected chi connectivity index (χ0v) is 23.8. The van der Waals surface area contributed by atoms with Gasteiger partial charge in [-0.25, -0.2) is 4.98 Å². The fourth-order valence-electron chi connectivity index (χ4n) is 5.46. The van der Waals surface area contributed by atoms with Crippen molar-refractivity contribution in [3.8, 4) is 0 Å². The Labute approximate surface area is 248 Å². The number of hydrogen-bond acceptors (Lipinski definition) is 3. The Morgan fingerprint density at radius 3 is 1.81 bits per heavy atom. The molecule has 0 radical (unpaired) electrons. The van der Waals surface area contributed by atoms with Gasteiger partial charge in [0.25, 0.3) is 0 Å². The number of aryl methyl sites for hydroxylation is 2. The number of nitrogens with two attached hydrogens (primary N) is 1. The Kier molecular flexibility index (Phi) is 9.57. The number of nitrogens with zero attached hydrogens (tertiary/aromatic N) is 3. The van der Waals surface area contributed by atoms with E-state index in [1.807, 2.05) is 42.7 Å². The van der Waals surface area contributed by atoms with E-state index in [1.54, 1.807) is 0 Å². The van der Waals surface area contributed by atoms with Crippen LogP contribution >= 0.6 is 0 Å². The van der Waals surface area contributed by atoms with Crippen LogP contribution in [-0.4, -0.2) is 28.0 Å². The first kappa shape index (κ1) is 28.6.